The largest absolute Gasteiger partial charge is 0.370 e. The number of nitrogens with one attached hydrogen (secondary N) is 3. The van der Waals surface area contributed by atoms with Crippen molar-refractivity contribution < 1.29 is 4.79 Å². The normalized spacial score (nSPS) is 30.0. The number of anilines is 2. The van der Waals surface area contributed by atoms with E-state index in [0.29, 0.717) is 6.42 Å². The van der Waals surface area contributed by atoms with Gasteiger partial charge in [-0.05, 0) is 124 Å². The lowest BCUT2D eigenvalue weighted by molar-refractivity contribution is -0.124. The van der Waals surface area contributed by atoms with Gasteiger partial charge in [-0.15, -0.1) is 0 Å². The highest BCUT2D eigenvalue weighted by atomic mass is 16.1. The van der Waals surface area contributed by atoms with E-state index in [1.54, 1.807) is 0 Å². The van der Waals surface area contributed by atoms with E-state index in [2.05, 4.69) is 22.0 Å². The number of pyridine rings is 1. The van der Waals surface area contributed by atoms with Gasteiger partial charge < -0.3 is 16.0 Å². The van der Waals surface area contributed by atoms with Crippen LogP contribution in [0, 0.1) is 29.1 Å². The first-order valence-corrected chi connectivity index (χ1v) is 13.3. The molecule has 5 saturated carbocycles. The summed E-state index contributed by atoms with van der Waals surface area (Å²) in [6.45, 7) is 3.14. The molecule has 176 valence electrons. The second-order valence-electron chi connectivity index (χ2n) is 11.6. The lowest BCUT2D eigenvalue weighted by Crippen LogP contribution is -2.47. The molecule has 0 atom stereocenters. The standard InChI is InChI=1S/C28H38N4O/c33-27(17-28-14-20-11-21(15-28)13-22(12-20)16-28)32-25-4-1-3-24-23(25)7-8-26(31-24)30-10-2-9-29-18-19-5-6-19/h1,3-4,7-8,19-22,29H,2,5-6,9-18H2,(H,30,31)(H,32,33). The molecule has 5 fully saturated rings. The molecule has 0 unspecified atom stereocenters. The van der Waals surface area contributed by atoms with Crippen molar-refractivity contribution in [1.29, 1.82) is 0 Å². The van der Waals surface area contributed by atoms with Crippen LogP contribution in [0.2, 0.25) is 0 Å². The Hall–Kier alpha value is -2.14. The average molecular weight is 447 g/mol. The topological polar surface area (TPSA) is 66.0 Å². The quantitative estimate of drug-likeness (QED) is 0.417. The maximum absolute atomic E-state index is 13.1. The smallest absolute Gasteiger partial charge is 0.224 e. The van der Waals surface area contributed by atoms with E-state index in [-0.39, 0.29) is 11.3 Å². The molecular formula is C28H38N4O. The number of carbonyl (C=O) groups excluding carboxylic acids is 1. The van der Waals surface area contributed by atoms with Crippen LogP contribution in [0.1, 0.15) is 64.2 Å². The second kappa shape index (κ2) is 8.90. The molecule has 5 aliphatic carbocycles. The Labute approximate surface area is 197 Å². The van der Waals surface area contributed by atoms with Crippen molar-refractivity contribution in [3.63, 3.8) is 0 Å². The van der Waals surface area contributed by atoms with Gasteiger partial charge in [0.15, 0.2) is 0 Å². The highest BCUT2D eigenvalue weighted by molar-refractivity contribution is 6.01. The van der Waals surface area contributed by atoms with Crippen molar-refractivity contribution in [3.05, 3.63) is 30.3 Å². The van der Waals surface area contributed by atoms with E-state index in [9.17, 15) is 4.79 Å². The Morgan fingerprint density at radius 1 is 0.970 bits per heavy atom. The van der Waals surface area contributed by atoms with Gasteiger partial charge in [-0.25, -0.2) is 4.98 Å². The molecule has 5 nitrogen and oxygen atoms in total. The molecule has 0 spiro atoms. The van der Waals surface area contributed by atoms with Gasteiger partial charge in [-0.2, -0.15) is 0 Å². The predicted octanol–water partition coefficient (Wildman–Crippen LogP) is 5.58. The number of carbonyl (C=O) groups is 1. The fourth-order valence-corrected chi connectivity index (χ4v) is 7.46. The number of fused-ring (bicyclic) bond motifs is 1. The van der Waals surface area contributed by atoms with Crippen LogP contribution in [0.5, 0.6) is 0 Å². The van der Waals surface area contributed by atoms with Crippen LogP contribution in [0.4, 0.5) is 11.5 Å². The average Bonchev–Trinajstić information content (AvgIpc) is 3.59. The number of benzene rings is 1. The molecule has 1 heterocycles. The van der Waals surface area contributed by atoms with Crippen LogP contribution in [0.25, 0.3) is 10.9 Å². The first-order chi connectivity index (χ1) is 16.1. The monoisotopic (exact) mass is 446 g/mol. The molecule has 5 aliphatic rings. The van der Waals surface area contributed by atoms with E-state index in [4.69, 9.17) is 4.98 Å². The maximum Gasteiger partial charge on any atom is 0.224 e. The number of aromatic nitrogens is 1. The molecule has 7 rings (SSSR count). The van der Waals surface area contributed by atoms with Crippen molar-refractivity contribution in [3.8, 4) is 0 Å². The van der Waals surface area contributed by atoms with Gasteiger partial charge in [0.05, 0.1) is 11.2 Å². The van der Waals surface area contributed by atoms with Gasteiger partial charge in [0.25, 0.3) is 0 Å². The molecule has 1 aromatic carbocycles. The zero-order valence-corrected chi connectivity index (χ0v) is 19.7. The third-order valence-electron chi connectivity index (χ3n) is 8.67. The Morgan fingerprint density at radius 3 is 2.45 bits per heavy atom. The number of nitrogens with zero attached hydrogens (tertiary/aromatic N) is 1. The summed E-state index contributed by atoms with van der Waals surface area (Å²) >= 11 is 0. The number of rotatable bonds is 10. The molecule has 0 aliphatic heterocycles. The molecular weight excluding hydrogens is 408 g/mol. The van der Waals surface area contributed by atoms with Gasteiger partial charge in [-0.3, -0.25) is 4.79 Å². The third kappa shape index (κ3) is 4.89. The lowest BCUT2D eigenvalue weighted by Gasteiger charge is -2.56. The summed E-state index contributed by atoms with van der Waals surface area (Å²) in [6.07, 6.45) is 12.7. The number of amides is 1. The fourth-order valence-electron chi connectivity index (χ4n) is 7.46. The maximum atomic E-state index is 13.1. The first-order valence-electron chi connectivity index (χ1n) is 13.3. The SMILES string of the molecule is O=C(CC12CC3CC(CC(C3)C1)C2)Nc1cccc2nc(NCCCNCC3CC3)ccc12. The molecule has 33 heavy (non-hydrogen) atoms. The van der Waals surface area contributed by atoms with Gasteiger partial charge in [-0.1, -0.05) is 6.07 Å². The van der Waals surface area contributed by atoms with Crippen molar-refractivity contribution in [2.24, 2.45) is 29.1 Å². The van der Waals surface area contributed by atoms with Crippen molar-refractivity contribution in [2.75, 3.05) is 30.3 Å². The van der Waals surface area contributed by atoms with E-state index < -0.39 is 0 Å². The summed E-state index contributed by atoms with van der Waals surface area (Å²) in [6, 6.07) is 10.2. The molecule has 1 amide bonds. The van der Waals surface area contributed by atoms with Crippen molar-refractivity contribution in [1.82, 2.24) is 10.3 Å². The molecule has 2 aromatic rings. The zero-order valence-electron chi connectivity index (χ0n) is 19.7. The van der Waals surface area contributed by atoms with Crippen LogP contribution in [0.3, 0.4) is 0 Å². The lowest BCUT2D eigenvalue weighted by atomic mass is 9.49. The van der Waals surface area contributed by atoms with Crippen molar-refractivity contribution >= 4 is 28.3 Å². The first kappa shape index (κ1) is 21.4. The van der Waals surface area contributed by atoms with Crippen LogP contribution < -0.4 is 16.0 Å². The third-order valence-corrected chi connectivity index (χ3v) is 8.67. The Bertz CT molecular complexity index is 979. The highest BCUT2D eigenvalue weighted by Crippen LogP contribution is 2.61. The minimum absolute atomic E-state index is 0.186. The summed E-state index contributed by atoms with van der Waals surface area (Å²) < 4.78 is 0. The van der Waals surface area contributed by atoms with Gasteiger partial charge in [0, 0.05) is 18.4 Å². The predicted molar refractivity (Wildman–Crippen MR) is 134 cm³/mol. The number of hydrogen-bond donors (Lipinski definition) is 3. The van der Waals surface area contributed by atoms with E-state index in [1.807, 2.05) is 24.3 Å². The van der Waals surface area contributed by atoms with E-state index in [1.165, 1.54) is 57.9 Å². The summed E-state index contributed by atoms with van der Waals surface area (Å²) in [5.41, 5.74) is 2.09. The zero-order chi connectivity index (χ0) is 22.3. The van der Waals surface area contributed by atoms with Gasteiger partial charge >= 0.3 is 0 Å². The second-order valence-corrected chi connectivity index (χ2v) is 11.6. The van der Waals surface area contributed by atoms with Crippen LogP contribution in [-0.4, -0.2) is 30.5 Å². The van der Waals surface area contributed by atoms with E-state index >= 15 is 0 Å². The molecule has 5 heteroatoms. The van der Waals surface area contributed by atoms with Gasteiger partial charge in [0.2, 0.25) is 5.91 Å². The molecule has 0 saturated heterocycles. The van der Waals surface area contributed by atoms with Gasteiger partial charge in [0.1, 0.15) is 5.82 Å². The summed E-state index contributed by atoms with van der Waals surface area (Å²) in [5.74, 6) is 4.66. The summed E-state index contributed by atoms with van der Waals surface area (Å²) in [5, 5.41) is 11.3. The Morgan fingerprint density at radius 2 is 1.73 bits per heavy atom. The van der Waals surface area contributed by atoms with Crippen LogP contribution >= 0.6 is 0 Å². The summed E-state index contributed by atoms with van der Waals surface area (Å²) in [4.78, 5) is 17.9. The highest BCUT2D eigenvalue weighted by Gasteiger charge is 2.51. The Balaban J connectivity index is 1.05. The van der Waals surface area contributed by atoms with Crippen molar-refractivity contribution in [2.45, 2.75) is 64.2 Å². The minimum atomic E-state index is 0.186. The molecule has 1 aromatic heterocycles. The minimum Gasteiger partial charge on any atom is -0.370 e. The molecule has 4 bridgehead atoms. The molecule has 3 N–H and O–H groups in total. The Kier molecular flexibility index (Phi) is 5.77. The number of hydrogen-bond acceptors (Lipinski definition) is 4. The van der Waals surface area contributed by atoms with Crippen LogP contribution in [-0.2, 0) is 4.79 Å². The summed E-state index contributed by atoms with van der Waals surface area (Å²) in [7, 11) is 0. The van der Waals surface area contributed by atoms with E-state index in [0.717, 1.165) is 65.6 Å². The molecule has 0 radical (unpaired) electrons. The van der Waals surface area contributed by atoms with Crippen LogP contribution in [0.15, 0.2) is 30.3 Å². The fraction of sp³-hybridized carbons (Fsp3) is 0.643.